The molecule has 1 atom stereocenters. The van der Waals surface area contributed by atoms with Gasteiger partial charge in [0.05, 0.1) is 11.0 Å². The molecule has 1 fully saturated rings. The Bertz CT molecular complexity index is 1230. The minimum atomic E-state index is -1.13. The molecule has 0 aliphatic carbocycles. The van der Waals surface area contributed by atoms with E-state index in [-0.39, 0.29) is 24.2 Å². The van der Waals surface area contributed by atoms with Crippen LogP contribution in [0.5, 0.6) is 0 Å². The first kappa shape index (κ1) is 27.2. The Morgan fingerprint density at radius 3 is 2.28 bits per heavy atom. The van der Waals surface area contributed by atoms with Crippen molar-refractivity contribution in [2.24, 2.45) is 11.5 Å². The van der Waals surface area contributed by atoms with Crippen molar-refractivity contribution in [2.45, 2.75) is 50.1 Å². The summed E-state index contributed by atoms with van der Waals surface area (Å²) in [5.41, 5.74) is 12.7. The fourth-order valence-electron chi connectivity index (χ4n) is 4.83. The number of amides is 3. The summed E-state index contributed by atoms with van der Waals surface area (Å²) in [6.45, 7) is 3.95. The molecule has 1 unspecified atom stereocenters. The van der Waals surface area contributed by atoms with E-state index >= 15 is 0 Å². The van der Waals surface area contributed by atoms with Crippen LogP contribution < -0.4 is 16.8 Å². The van der Waals surface area contributed by atoms with E-state index in [2.05, 4.69) is 10.3 Å². The molecule has 36 heavy (non-hydrogen) atoms. The Hall–Kier alpha value is -3.36. The highest BCUT2D eigenvalue weighted by molar-refractivity contribution is 5.93. The highest BCUT2D eigenvalue weighted by Gasteiger charge is 2.43. The van der Waals surface area contributed by atoms with Crippen LogP contribution in [0.3, 0.4) is 0 Å². The third kappa shape index (κ3) is 5.39. The second kappa shape index (κ2) is 10.7. The van der Waals surface area contributed by atoms with Gasteiger partial charge in [-0.2, -0.15) is 0 Å². The van der Waals surface area contributed by atoms with Crippen LogP contribution >= 0.6 is 12.4 Å². The molecule has 1 aliphatic rings. The first-order valence-electron chi connectivity index (χ1n) is 11.9. The molecule has 1 saturated heterocycles. The number of hydrogen-bond donors (Lipinski definition) is 4. The number of aromatic amines is 1. The van der Waals surface area contributed by atoms with Crippen molar-refractivity contribution in [3.8, 4) is 0 Å². The normalized spacial score (nSPS) is 16.1. The Labute approximate surface area is 217 Å². The number of primary amides is 1. The first-order valence-corrected chi connectivity index (χ1v) is 11.9. The average molecular weight is 512 g/mol. The number of benzene rings is 2. The fraction of sp³-hybridized carbons (Fsp3) is 0.370. The molecule has 3 amide bonds. The number of para-hydroxylation sites is 1. The monoisotopic (exact) mass is 511 g/mol. The van der Waals surface area contributed by atoms with Crippen molar-refractivity contribution in [3.63, 3.8) is 0 Å². The predicted molar refractivity (Wildman–Crippen MR) is 143 cm³/mol. The van der Waals surface area contributed by atoms with Crippen molar-refractivity contribution in [1.82, 2.24) is 15.2 Å². The van der Waals surface area contributed by atoms with Crippen LogP contribution in [-0.4, -0.2) is 52.3 Å². The topological polar surface area (TPSA) is 134 Å². The number of H-pyrrole nitrogens is 1. The summed E-state index contributed by atoms with van der Waals surface area (Å²) in [6.07, 6.45) is 3.04. The standard InChI is InChI=1S/C27H33N5O3.ClH/c1-26(2,29)25(35)31-22(16-18-17-30-21-11-7-6-10-20(18)21)23(33)32-14-12-27(13-15-32,24(28)34)19-8-4-3-5-9-19;/h3-11,17,22,30H,12-16,29H2,1-2H3,(H2,28,34)(H,31,35);1H. The highest BCUT2D eigenvalue weighted by atomic mass is 35.5. The van der Waals surface area contributed by atoms with Crippen LogP contribution in [0.25, 0.3) is 10.9 Å². The lowest BCUT2D eigenvalue weighted by atomic mass is 9.72. The van der Waals surface area contributed by atoms with Gasteiger partial charge in [0.2, 0.25) is 17.7 Å². The summed E-state index contributed by atoms with van der Waals surface area (Å²) < 4.78 is 0. The van der Waals surface area contributed by atoms with Gasteiger partial charge in [0.15, 0.2) is 0 Å². The molecule has 4 rings (SSSR count). The number of carbonyl (C=O) groups is 3. The molecule has 8 nitrogen and oxygen atoms in total. The minimum Gasteiger partial charge on any atom is -0.369 e. The predicted octanol–water partition coefficient (Wildman–Crippen LogP) is 2.40. The summed E-state index contributed by atoms with van der Waals surface area (Å²) >= 11 is 0. The second-order valence-corrected chi connectivity index (χ2v) is 9.95. The van der Waals surface area contributed by atoms with Gasteiger partial charge in [-0.1, -0.05) is 48.5 Å². The van der Waals surface area contributed by atoms with Crippen LogP contribution in [0.1, 0.15) is 37.8 Å². The Morgan fingerprint density at radius 1 is 1.06 bits per heavy atom. The van der Waals surface area contributed by atoms with Gasteiger partial charge < -0.3 is 26.7 Å². The highest BCUT2D eigenvalue weighted by Crippen LogP contribution is 2.35. The smallest absolute Gasteiger partial charge is 0.245 e. The molecule has 1 aromatic heterocycles. The van der Waals surface area contributed by atoms with Crippen LogP contribution in [0, 0.1) is 0 Å². The van der Waals surface area contributed by atoms with E-state index in [1.165, 1.54) is 0 Å². The zero-order valence-electron chi connectivity index (χ0n) is 20.6. The lowest BCUT2D eigenvalue weighted by Gasteiger charge is -2.41. The summed E-state index contributed by atoms with van der Waals surface area (Å²) in [5, 5.41) is 3.87. The number of aromatic nitrogens is 1. The van der Waals surface area contributed by atoms with Gasteiger partial charge in [-0.25, -0.2) is 0 Å². The van der Waals surface area contributed by atoms with E-state index in [4.69, 9.17) is 11.5 Å². The molecule has 0 bridgehead atoms. The van der Waals surface area contributed by atoms with Gasteiger partial charge in [-0.05, 0) is 43.9 Å². The molecule has 1 aliphatic heterocycles. The number of nitrogens with one attached hydrogen (secondary N) is 2. The van der Waals surface area contributed by atoms with Crippen LogP contribution in [0.4, 0.5) is 0 Å². The summed E-state index contributed by atoms with van der Waals surface area (Å²) in [5.74, 6) is -0.980. The molecule has 0 radical (unpaired) electrons. The quantitative estimate of drug-likeness (QED) is 0.387. The number of carbonyl (C=O) groups excluding carboxylic acids is 3. The summed E-state index contributed by atoms with van der Waals surface area (Å²) in [7, 11) is 0. The van der Waals surface area contributed by atoms with Crippen molar-refractivity contribution in [3.05, 3.63) is 71.9 Å². The fourth-order valence-corrected chi connectivity index (χ4v) is 4.83. The Kier molecular flexibility index (Phi) is 8.11. The largest absolute Gasteiger partial charge is 0.369 e. The number of hydrogen-bond acceptors (Lipinski definition) is 4. The third-order valence-electron chi connectivity index (χ3n) is 7.01. The summed E-state index contributed by atoms with van der Waals surface area (Å²) in [4.78, 5) is 43.9. The molecule has 2 aromatic carbocycles. The molecule has 6 N–H and O–H groups in total. The van der Waals surface area contributed by atoms with Crippen molar-refractivity contribution in [2.75, 3.05) is 13.1 Å². The number of piperidine rings is 1. The first-order chi connectivity index (χ1) is 16.6. The lowest BCUT2D eigenvalue weighted by molar-refractivity contribution is -0.140. The maximum atomic E-state index is 13.7. The van der Waals surface area contributed by atoms with Gasteiger partial charge >= 0.3 is 0 Å². The molecule has 0 spiro atoms. The number of nitrogens with two attached hydrogens (primary N) is 2. The van der Waals surface area contributed by atoms with Crippen LogP contribution in [0.15, 0.2) is 60.8 Å². The average Bonchev–Trinajstić information content (AvgIpc) is 3.26. The van der Waals surface area contributed by atoms with Gasteiger partial charge in [0.25, 0.3) is 0 Å². The number of rotatable bonds is 7. The minimum absolute atomic E-state index is 0. The maximum absolute atomic E-state index is 13.7. The van der Waals surface area contributed by atoms with Gasteiger partial charge in [-0.3, -0.25) is 14.4 Å². The third-order valence-corrected chi connectivity index (χ3v) is 7.01. The molecular weight excluding hydrogens is 478 g/mol. The maximum Gasteiger partial charge on any atom is 0.245 e. The molecule has 192 valence electrons. The Balaban J connectivity index is 0.00000361. The van der Waals surface area contributed by atoms with Gasteiger partial charge in [0, 0.05) is 36.6 Å². The van der Waals surface area contributed by atoms with Gasteiger partial charge in [0.1, 0.15) is 6.04 Å². The van der Waals surface area contributed by atoms with Crippen molar-refractivity contribution < 1.29 is 14.4 Å². The molecule has 0 saturated carbocycles. The van der Waals surface area contributed by atoms with Gasteiger partial charge in [-0.15, -0.1) is 12.4 Å². The molecular formula is C27H34ClN5O3. The second-order valence-electron chi connectivity index (χ2n) is 9.95. The van der Waals surface area contributed by atoms with E-state index < -0.39 is 22.9 Å². The SMILES string of the molecule is CC(C)(N)C(=O)NC(Cc1c[nH]c2ccccc12)C(=O)N1CCC(C(N)=O)(c2ccccc2)CC1.Cl. The van der Waals surface area contributed by atoms with E-state index in [9.17, 15) is 14.4 Å². The van der Waals surface area contributed by atoms with E-state index in [0.29, 0.717) is 32.4 Å². The van der Waals surface area contributed by atoms with Crippen LogP contribution in [-0.2, 0) is 26.2 Å². The number of halogens is 1. The number of nitrogens with zero attached hydrogens (tertiary/aromatic N) is 1. The van der Waals surface area contributed by atoms with Crippen molar-refractivity contribution >= 4 is 41.0 Å². The van der Waals surface area contributed by atoms with Crippen LogP contribution in [0.2, 0.25) is 0 Å². The molecule has 2 heterocycles. The van der Waals surface area contributed by atoms with E-state index in [1.807, 2.05) is 60.8 Å². The van der Waals surface area contributed by atoms with Crippen molar-refractivity contribution in [1.29, 1.82) is 0 Å². The number of fused-ring (bicyclic) bond motifs is 1. The van der Waals surface area contributed by atoms with E-state index in [1.54, 1.807) is 18.7 Å². The van der Waals surface area contributed by atoms with E-state index in [0.717, 1.165) is 22.0 Å². The number of likely N-dealkylation sites (tertiary alicyclic amines) is 1. The lowest BCUT2D eigenvalue weighted by Crippen LogP contribution is -2.59. The molecule has 9 heteroatoms. The molecule has 3 aromatic rings. The zero-order valence-corrected chi connectivity index (χ0v) is 21.4. The summed E-state index contributed by atoms with van der Waals surface area (Å²) in [6, 6.07) is 16.5. The zero-order chi connectivity index (χ0) is 25.2. The Morgan fingerprint density at radius 2 is 1.67 bits per heavy atom.